The molecule has 1 saturated heterocycles. The van der Waals surface area contributed by atoms with E-state index in [1.165, 1.54) is 4.90 Å². The Morgan fingerprint density at radius 3 is 2.47 bits per heavy atom. The van der Waals surface area contributed by atoms with Crippen molar-refractivity contribution < 1.29 is 9.90 Å². The SMILES string of the molecule is O=C1CC(O)CN1c1cc(Cl)nc(Cl)c1. The lowest BCUT2D eigenvalue weighted by Crippen LogP contribution is -2.25. The van der Waals surface area contributed by atoms with Crippen LogP contribution >= 0.6 is 23.2 Å². The Labute approximate surface area is 96.4 Å². The van der Waals surface area contributed by atoms with Crippen LogP contribution < -0.4 is 4.90 Å². The van der Waals surface area contributed by atoms with Crippen LogP contribution in [0.25, 0.3) is 0 Å². The summed E-state index contributed by atoms with van der Waals surface area (Å²) < 4.78 is 0. The Morgan fingerprint density at radius 1 is 1.40 bits per heavy atom. The van der Waals surface area contributed by atoms with Gasteiger partial charge in [0.25, 0.3) is 0 Å². The predicted octanol–water partition coefficient (Wildman–Crippen LogP) is 1.49. The van der Waals surface area contributed by atoms with E-state index in [2.05, 4.69) is 4.98 Å². The van der Waals surface area contributed by atoms with E-state index in [0.29, 0.717) is 5.69 Å². The monoisotopic (exact) mass is 246 g/mol. The summed E-state index contributed by atoms with van der Waals surface area (Å²) in [4.78, 5) is 16.7. The fraction of sp³-hybridized carbons (Fsp3) is 0.333. The number of aromatic nitrogens is 1. The number of hydrogen-bond acceptors (Lipinski definition) is 3. The fourth-order valence-electron chi connectivity index (χ4n) is 1.55. The lowest BCUT2D eigenvalue weighted by Gasteiger charge is -2.15. The molecule has 1 aromatic rings. The van der Waals surface area contributed by atoms with Gasteiger partial charge < -0.3 is 10.0 Å². The third-order valence-electron chi connectivity index (χ3n) is 2.16. The van der Waals surface area contributed by atoms with Crippen molar-refractivity contribution in [2.24, 2.45) is 0 Å². The summed E-state index contributed by atoms with van der Waals surface area (Å²) >= 11 is 11.4. The molecule has 0 spiro atoms. The molecule has 1 unspecified atom stereocenters. The molecule has 0 aromatic carbocycles. The number of amides is 1. The molecule has 1 fully saturated rings. The molecule has 0 radical (unpaired) electrons. The summed E-state index contributed by atoms with van der Waals surface area (Å²) in [5, 5.41) is 9.78. The highest BCUT2D eigenvalue weighted by molar-refractivity contribution is 6.33. The van der Waals surface area contributed by atoms with Gasteiger partial charge in [0.1, 0.15) is 10.3 Å². The summed E-state index contributed by atoms with van der Waals surface area (Å²) in [6.07, 6.45) is -0.486. The number of aliphatic hydroxyl groups is 1. The first kappa shape index (κ1) is 10.7. The van der Waals surface area contributed by atoms with Crippen molar-refractivity contribution in [3.63, 3.8) is 0 Å². The molecule has 2 rings (SSSR count). The maximum atomic E-state index is 11.5. The van der Waals surface area contributed by atoms with Gasteiger partial charge in [-0.25, -0.2) is 4.98 Å². The number of halogens is 2. The molecule has 0 bridgehead atoms. The van der Waals surface area contributed by atoms with E-state index in [9.17, 15) is 9.90 Å². The van der Waals surface area contributed by atoms with Crippen molar-refractivity contribution >= 4 is 34.8 Å². The number of carbonyl (C=O) groups is 1. The maximum Gasteiger partial charge on any atom is 0.229 e. The Kier molecular flexibility index (Phi) is 2.82. The molecule has 1 N–H and O–H groups in total. The van der Waals surface area contributed by atoms with Crippen LogP contribution in [0.4, 0.5) is 5.69 Å². The summed E-state index contributed by atoms with van der Waals surface area (Å²) in [6.45, 7) is 0.273. The van der Waals surface area contributed by atoms with Crippen molar-refractivity contribution in [3.8, 4) is 0 Å². The molecule has 0 saturated carbocycles. The van der Waals surface area contributed by atoms with E-state index in [0.717, 1.165) is 0 Å². The second-order valence-corrected chi connectivity index (χ2v) is 4.11. The van der Waals surface area contributed by atoms with Crippen LogP contribution in [0.5, 0.6) is 0 Å². The van der Waals surface area contributed by atoms with Gasteiger partial charge in [-0.3, -0.25) is 4.79 Å². The molecule has 2 heterocycles. The standard InChI is InChI=1S/C9H8Cl2N2O2/c10-7-1-5(2-8(11)12-7)13-4-6(14)3-9(13)15/h1-2,6,14H,3-4H2. The summed E-state index contributed by atoms with van der Waals surface area (Å²) in [5.74, 6) is -0.138. The lowest BCUT2D eigenvalue weighted by molar-refractivity contribution is -0.117. The molecule has 80 valence electrons. The van der Waals surface area contributed by atoms with E-state index in [4.69, 9.17) is 23.2 Å². The Bertz CT molecular complexity index is 391. The van der Waals surface area contributed by atoms with Gasteiger partial charge in [-0.15, -0.1) is 0 Å². The van der Waals surface area contributed by atoms with E-state index in [-0.39, 0.29) is 29.2 Å². The lowest BCUT2D eigenvalue weighted by atomic mass is 10.3. The molecule has 1 aliphatic rings. The molecule has 1 aromatic heterocycles. The number of carbonyl (C=O) groups excluding carboxylic acids is 1. The second-order valence-electron chi connectivity index (χ2n) is 3.33. The van der Waals surface area contributed by atoms with Crippen molar-refractivity contribution in [1.29, 1.82) is 0 Å². The third-order valence-corrected chi connectivity index (χ3v) is 2.55. The van der Waals surface area contributed by atoms with Gasteiger partial charge in [-0.2, -0.15) is 0 Å². The largest absolute Gasteiger partial charge is 0.391 e. The molecule has 1 atom stereocenters. The van der Waals surface area contributed by atoms with Crippen LogP contribution in [0.3, 0.4) is 0 Å². The third kappa shape index (κ3) is 2.22. The number of rotatable bonds is 1. The first-order valence-electron chi connectivity index (χ1n) is 4.38. The second kappa shape index (κ2) is 3.96. The fourth-order valence-corrected chi connectivity index (χ4v) is 2.00. The Hall–Kier alpha value is -0.840. The van der Waals surface area contributed by atoms with Gasteiger partial charge in [-0.1, -0.05) is 23.2 Å². The number of anilines is 1. The van der Waals surface area contributed by atoms with Gasteiger partial charge in [-0.05, 0) is 12.1 Å². The predicted molar refractivity (Wildman–Crippen MR) is 57.2 cm³/mol. The van der Waals surface area contributed by atoms with Crippen molar-refractivity contribution in [3.05, 3.63) is 22.4 Å². The van der Waals surface area contributed by atoms with Gasteiger partial charge in [0.2, 0.25) is 5.91 Å². The van der Waals surface area contributed by atoms with Crippen LogP contribution in [-0.4, -0.2) is 28.6 Å². The van der Waals surface area contributed by atoms with E-state index >= 15 is 0 Å². The van der Waals surface area contributed by atoms with Crippen molar-refractivity contribution in [1.82, 2.24) is 4.98 Å². The van der Waals surface area contributed by atoms with E-state index < -0.39 is 6.10 Å². The average molecular weight is 247 g/mol. The number of pyridine rings is 1. The zero-order valence-electron chi connectivity index (χ0n) is 7.65. The summed E-state index contributed by atoms with van der Waals surface area (Å²) in [6, 6.07) is 3.09. The van der Waals surface area contributed by atoms with Crippen molar-refractivity contribution in [2.75, 3.05) is 11.4 Å². The van der Waals surface area contributed by atoms with Gasteiger partial charge in [0.05, 0.1) is 19.1 Å². The summed E-state index contributed by atoms with van der Waals surface area (Å²) in [5.41, 5.74) is 0.571. The van der Waals surface area contributed by atoms with Crippen LogP contribution in [-0.2, 0) is 4.79 Å². The van der Waals surface area contributed by atoms with Crippen LogP contribution in [0.1, 0.15) is 6.42 Å². The first-order chi connectivity index (χ1) is 7.06. The quantitative estimate of drug-likeness (QED) is 0.765. The smallest absolute Gasteiger partial charge is 0.229 e. The number of nitrogens with zero attached hydrogens (tertiary/aromatic N) is 2. The molecule has 1 amide bonds. The molecule has 15 heavy (non-hydrogen) atoms. The molecule has 1 aliphatic heterocycles. The van der Waals surface area contributed by atoms with Crippen LogP contribution in [0, 0.1) is 0 Å². The Balaban J connectivity index is 2.33. The molecular formula is C9H8Cl2N2O2. The minimum absolute atomic E-state index is 0.136. The highest BCUT2D eigenvalue weighted by Gasteiger charge is 2.29. The highest BCUT2D eigenvalue weighted by atomic mass is 35.5. The van der Waals surface area contributed by atoms with Crippen LogP contribution in [0.15, 0.2) is 12.1 Å². The van der Waals surface area contributed by atoms with Gasteiger partial charge >= 0.3 is 0 Å². The Morgan fingerprint density at radius 2 is 2.00 bits per heavy atom. The van der Waals surface area contributed by atoms with E-state index in [1.807, 2.05) is 0 Å². The minimum Gasteiger partial charge on any atom is -0.391 e. The summed E-state index contributed by atoms with van der Waals surface area (Å²) in [7, 11) is 0. The highest BCUT2D eigenvalue weighted by Crippen LogP contribution is 2.26. The zero-order valence-corrected chi connectivity index (χ0v) is 9.16. The van der Waals surface area contributed by atoms with E-state index in [1.54, 1.807) is 12.1 Å². The average Bonchev–Trinajstić information content (AvgIpc) is 2.43. The number of β-amino-alcohol motifs (C(OH)–C–C–N with tert-alkyl or cyclic N) is 1. The van der Waals surface area contributed by atoms with Gasteiger partial charge in [0, 0.05) is 5.69 Å². The topological polar surface area (TPSA) is 53.4 Å². The van der Waals surface area contributed by atoms with Crippen molar-refractivity contribution in [2.45, 2.75) is 12.5 Å². The van der Waals surface area contributed by atoms with Crippen LogP contribution in [0.2, 0.25) is 10.3 Å². The normalized spacial score (nSPS) is 21.1. The molecule has 4 nitrogen and oxygen atoms in total. The number of aliphatic hydroxyl groups excluding tert-OH is 1. The minimum atomic E-state index is -0.622. The zero-order chi connectivity index (χ0) is 11.0. The first-order valence-corrected chi connectivity index (χ1v) is 5.13. The molecule has 6 heteroatoms. The molecular weight excluding hydrogens is 239 g/mol. The molecule has 0 aliphatic carbocycles. The van der Waals surface area contributed by atoms with Gasteiger partial charge in [0.15, 0.2) is 0 Å². The maximum absolute atomic E-state index is 11.5. The number of hydrogen-bond donors (Lipinski definition) is 1.